The van der Waals surface area contributed by atoms with E-state index in [1.165, 1.54) is 6.07 Å². The molecule has 0 aliphatic carbocycles. The van der Waals surface area contributed by atoms with E-state index >= 15 is 0 Å². The van der Waals surface area contributed by atoms with Gasteiger partial charge in [-0.25, -0.2) is 4.39 Å². The summed E-state index contributed by atoms with van der Waals surface area (Å²) < 4.78 is 18.7. The van der Waals surface area contributed by atoms with Crippen LogP contribution >= 0.6 is 0 Å². The Bertz CT molecular complexity index is 436. The van der Waals surface area contributed by atoms with Crippen molar-refractivity contribution >= 4 is 5.69 Å². The number of hydrogen-bond donors (Lipinski definition) is 1. The molecule has 2 atom stereocenters. The highest BCUT2D eigenvalue weighted by molar-refractivity contribution is 5.58. The van der Waals surface area contributed by atoms with E-state index in [4.69, 9.17) is 10.00 Å². The van der Waals surface area contributed by atoms with E-state index in [0.717, 1.165) is 19.6 Å². The molecule has 1 fully saturated rings. The van der Waals surface area contributed by atoms with Crippen LogP contribution in [0.5, 0.6) is 0 Å². The second-order valence-electron chi connectivity index (χ2n) is 4.33. The number of rotatable bonds is 3. The first-order valence-electron chi connectivity index (χ1n) is 5.75. The number of hydrogen-bond acceptors (Lipinski definition) is 3. The Kier molecular flexibility index (Phi) is 3.60. The Morgan fingerprint density at radius 3 is 3.06 bits per heavy atom. The molecule has 1 aliphatic heterocycles. The van der Waals surface area contributed by atoms with E-state index in [0.29, 0.717) is 11.6 Å². The van der Waals surface area contributed by atoms with Gasteiger partial charge in [-0.1, -0.05) is 6.07 Å². The second kappa shape index (κ2) is 5.15. The van der Waals surface area contributed by atoms with Gasteiger partial charge in [0, 0.05) is 18.6 Å². The fraction of sp³-hybridized carbons (Fsp3) is 0.462. The van der Waals surface area contributed by atoms with Crippen LogP contribution in [0, 0.1) is 23.1 Å². The highest BCUT2D eigenvalue weighted by Gasteiger charge is 2.23. The molecule has 4 heteroatoms. The summed E-state index contributed by atoms with van der Waals surface area (Å²) in [6.45, 7) is 3.54. The molecule has 17 heavy (non-hydrogen) atoms. The topological polar surface area (TPSA) is 45.0 Å². The van der Waals surface area contributed by atoms with Crippen molar-refractivity contribution in [1.82, 2.24) is 0 Å². The molecule has 2 rings (SSSR count). The van der Waals surface area contributed by atoms with Crippen molar-refractivity contribution in [1.29, 1.82) is 5.26 Å². The summed E-state index contributed by atoms with van der Waals surface area (Å²) in [4.78, 5) is 0. The molecule has 3 nitrogen and oxygen atoms in total. The van der Waals surface area contributed by atoms with E-state index in [2.05, 4.69) is 5.32 Å². The second-order valence-corrected chi connectivity index (χ2v) is 4.33. The van der Waals surface area contributed by atoms with E-state index in [1.54, 1.807) is 12.1 Å². The standard InChI is InChI=1S/C13H15FN2O/c1-9(10-5-6-17-8-10)16-13-4-2-3-12(14)11(13)7-15/h2-4,9-10,16H,5-6,8H2,1H3. The van der Waals surface area contributed by atoms with Gasteiger partial charge in [-0.05, 0) is 25.5 Å². The lowest BCUT2D eigenvalue weighted by molar-refractivity contribution is 0.183. The average molecular weight is 234 g/mol. The van der Waals surface area contributed by atoms with Crippen molar-refractivity contribution in [3.63, 3.8) is 0 Å². The maximum Gasteiger partial charge on any atom is 0.143 e. The number of nitriles is 1. The van der Waals surface area contributed by atoms with Gasteiger partial charge in [-0.2, -0.15) is 5.26 Å². The van der Waals surface area contributed by atoms with E-state index in [9.17, 15) is 4.39 Å². The predicted octanol–water partition coefficient (Wildman–Crippen LogP) is 2.53. The molecular weight excluding hydrogens is 219 g/mol. The Morgan fingerprint density at radius 1 is 1.59 bits per heavy atom. The molecular formula is C13H15FN2O. The molecule has 0 radical (unpaired) electrons. The largest absolute Gasteiger partial charge is 0.381 e. The van der Waals surface area contributed by atoms with Crippen LogP contribution in [-0.2, 0) is 4.74 Å². The van der Waals surface area contributed by atoms with E-state index < -0.39 is 5.82 Å². The van der Waals surface area contributed by atoms with Crippen molar-refractivity contribution in [3.8, 4) is 6.07 Å². The normalized spacial score (nSPS) is 20.9. The number of nitrogens with zero attached hydrogens (tertiary/aromatic N) is 1. The van der Waals surface area contributed by atoms with Gasteiger partial charge in [0.25, 0.3) is 0 Å². The summed E-state index contributed by atoms with van der Waals surface area (Å²) in [6.07, 6.45) is 1.01. The molecule has 0 amide bonds. The maximum atomic E-state index is 13.4. The van der Waals surface area contributed by atoms with Crippen LogP contribution in [0.25, 0.3) is 0 Å². The van der Waals surface area contributed by atoms with Crippen molar-refractivity contribution in [3.05, 3.63) is 29.6 Å². The molecule has 0 bridgehead atoms. The highest BCUT2D eigenvalue weighted by Crippen LogP contribution is 2.23. The van der Waals surface area contributed by atoms with Crippen molar-refractivity contribution < 1.29 is 9.13 Å². The summed E-state index contributed by atoms with van der Waals surface area (Å²) >= 11 is 0. The smallest absolute Gasteiger partial charge is 0.143 e. The summed E-state index contributed by atoms with van der Waals surface area (Å²) in [5, 5.41) is 12.1. The predicted molar refractivity (Wildman–Crippen MR) is 63.1 cm³/mol. The Hall–Kier alpha value is -1.60. The summed E-state index contributed by atoms with van der Waals surface area (Å²) in [6, 6.07) is 6.70. The molecule has 1 N–H and O–H groups in total. The van der Waals surface area contributed by atoms with E-state index in [-0.39, 0.29) is 11.6 Å². The first-order chi connectivity index (χ1) is 8.22. The monoisotopic (exact) mass is 234 g/mol. The van der Waals surface area contributed by atoms with Crippen molar-refractivity contribution in [2.45, 2.75) is 19.4 Å². The van der Waals surface area contributed by atoms with Crippen LogP contribution in [0.15, 0.2) is 18.2 Å². The number of nitrogens with one attached hydrogen (secondary N) is 1. The van der Waals surface area contributed by atoms with Crippen molar-refractivity contribution in [2.75, 3.05) is 18.5 Å². The molecule has 1 aliphatic rings. The zero-order valence-corrected chi connectivity index (χ0v) is 9.74. The molecule has 90 valence electrons. The van der Waals surface area contributed by atoms with Crippen molar-refractivity contribution in [2.24, 2.45) is 5.92 Å². The van der Waals surface area contributed by atoms with Gasteiger partial charge in [0.1, 0.15) is 17.4 Å². The minimum absolute atomic E-state index is 0.0817. The van der Waals surface area contributed by atoms with Crippen LogP contribution < -0.4 is 5.32 Å². The number of benzene rings is 1. The number of ether oxygens (including phenoxy) is 1. The van der Waals surface area contributed by atoms with Crippen LogP contribution in [0.4, 0.5) is 10.1 Å². The third-order valence-corrected chi connectivity index (χ3v) is 3.18. The number of anilines is 1. The van der Waals surface area contributed by atoms with Gasteiger partial charge >= 0.3 is 0 Å². The molecule has 2 unspecified atom stereocenters. The third kappa shape index (κ3) is 2.56. The zero-order chi connectivity index (χ0) is 12.3. The minimum atomic E-state index is -0.479. The van der Waals surface area contributed by atoms with Gasteiger partial charge in [0.05, 0.1) is 12.3 Å². The summed E-state index contributed by atoms with van der Waals surface area (Å²) in [7, 11) is 0. The molecule has 0 aromatic heterocycles. The van der Waals surface area contributed by atoms with Gasteiger partial charge < -0.3 is 10.1 Å². The fourth-order valence-electron chi connectivity index (χ4n) is 2.07. The van der Waals surface area contributed by atoms with E-state index in [1.807, 2.05) is 13.0 Å². The lowest BCUT2D eigenvalue weighted by Crippen LogP contribution is -2.26. The first kappa shape index (κ1) is 11.9. The fourth-order valence-corrected chi connectivity index (χ4v) is 2.07. The van der Waals surface area contributed by atoms with Gasteiger partial charge in [0.15, 0.2) is 0 Å². The Balaban J connectivity index is 2.13. The summed E-state index contributed by atoms with van der Waals surface area (Å²) in [5.41, 5.74) is 0.644. The number of halogens is 1. The van der Waals surface area contributed by atoms with Crippen LogP contribution in [0.1, 0.15) is 18.9 Å². The van der Waals surface area contributed by atoms with Crippen LogP contribution in [-0.4, -0.2) is 19.3 Å². The third-order valence-electron chi connectivity index (χ3n) is 3.18. The lowest BCUT2D eigenvalue weighted by atomic mass is 10.00. The Morgan fingerprint density at radius 2 is 2.41 bits per heavy atom. The maximum absolute atomic E-state index is 13.4. The molecule has 1 heterocycles. The van der Waals surface area contributed by atoms with Gasteiger partial charge in [-0.3, -0.25) is 0 Å². The zero-order valence-electron chi connectivity index (χ0n) is 9.74. The van der Waals surface area contributed by atoms with Crippen LogP contribution in [0.3, 0.4) is 0 Å². The SMILES string of the molecule is CC(Nc1cccc(F)c1C#N)C1CCOC1. The lowest BCUT2D eigenvalue weighted by Gasteiger charge is -2.21. The quantitative estimate of drug-likeness (QED) is 0.874. The highest BCUT2D eigenvalue weighted by atomic mass is 19.1. The van der Waals surface area contributed by atoms with Crippen LogP contribution in [0.2, 0.25) is 0 Å². The molecule has 0 spiro atoms. The summed E-state index contributed by atoms with van der Waals surface area (Å²) in [5.74, 6) is -0.0582. The molecule has 0 saturated carbocycles. The molecule has 1 saturated heterocycles. The average Bonchev–Trinajstić information content (AvgIpc) is 2.82. The molecule has 1 aromatic carbocycles. The minimum Gasteiger partial charge on any atom is -0.381 e. The Labute approximate surface area is 100 Å². The molecule has 1 aromatic rings. The van der Waals surface area contributed by atoms with Gasteiger partial charge in [-0.15, -0.1) is 0 Å². The van der Waals surface area contributed by atoms with Gasteiger partial charge in [0.2, 0.25) is 0 Å². The first-order valence-corrected chi connectivity index (χ1v) is 5.75.